The first kappa shape index (κ1) is 14.1. The number of carbonyl (C=O) groups excluding carboxylic acids is 1. The normalized spacial score (nSPS) is 17.4. The Morgan fingerprint density at radius 2 is 2.00 bits per heavy atom. The molecule has 1 aromatic heterocycles. The van der Waals surface area contributed by atoms with E-state index in [1.165, 1.54) is 19.4 Å². The fourth-order valence-corrected chi connectivity index (χ4v) is 3.08. The van der Waals surface area contributed by atoms with Gasteiger partial charge < -0.3 is 9.73 Å². The van der Waals surface area contributed by atoms with Crippen LogP contribution in [0.15, 0.2) is 15.4 Å². The number of rotatable bonds is 3. The third kappa shape index (κ3) is 3.36. The van der Waals surface area contributed by atoms with Crippen molar-refractivity contribution in [3.05, 3.63) is 17.6 Å². The lowest BCUT2D eigenvalue weighted by Crippen LogP contribution is -2.35. The second-order valence-corrected chi connectivity index (χ2v) is 6.41. The first-order chi connectivity index (χ1) is 8.88. The van der Waals surface area contributed by atoms with Gasteiger partial charge in [-0.25, -0.2) is 13.6 Å². The van der Waals surface area contributed by atoms with Crippen LogP contribution in [0.1, 0.15) is 48.4 Å². The van der Waals surface area contributed by atoms with Gasteiger partial charge >= 0.3 is 0 Å². The highest BCUT2D eigenvalue weighted by molar-refractivity contribution is 7.89. The molecule has 0 radical (unpaired) electrons. The van der Waals surface area contributed by atoms with Crippen molar-refractivity contribution >= 4 is 15.9 Å². The van der Waals surface area contributed by atoms with Crippen LogP contribution in [0.4, 0.5) is 0 Å². The van der Waals surface area contributed by atoms with Crippen molar-refractivity contribution in [2.45, 2.75) is 50.0 Å². The van der Waals surface area contributed by atoms with Crippen molar-refractivity contribution in [3.8, 4) is 0 Å². The summed E-state index contributed by atoms with van der Waals surface area (Å²) in [5.41, 5.74) is 0. The molecule has 106 valence electrons. The first-order valence-electron chi connectivity index (χ1n) is 6.32. The summed E-state index contributed by atoms with van der Waals surface area (Å²) in [5.74, 6) is -0.256. The van der Waals surface area contributed by atoms with Gasteiger partial charge in [0.2, 0.25) is 10.0 Å². The second-order valence-electron chi connectivity index (χ2n) is 4.88. The van der Waals surface area contributed by atoms with E-state index in [-0.39, 0.29) is 28.4 Å². The van der Waals surface area contributed by atoms with Crippen LogP contribution >= 0.6 is 0 Å². The zero-order valence-corrected chi connectivity index (χ0v) is 11.6. The first-order valence-corrected chi connectivity index (χ1v) is 7.86. The summed E-state index contributed by atoms with van der Waals surface area (Å²) in [6.07, 6.45) is 5.30. The zero-order chi connectivity index (χ0) is 14.0. The van der Waals surface area contributed by atoms with Gasteiger partial charge in [-0.15, -0.1) is 0 Å². The molecular formula is C12H18N2O4S. The number of furan rings is 1. The lowest BCUT2D eigenvalue weighted by Gasteiger charge is -2.22. The molecule has 0 unspecified atom stereocenters. The maximum absolute atomic E-state index is 12.0. The van der Waals surface area contributed by atoms with Crippen molar-refractivity contribution in [1.82, 2.24) is 5.32 Å². The van der Waals surface area contributed by atoms with Crippen LogP contribution in [0.25, 0.3) is 0 Å². The van der Waals surface area contributed by atoms with E-state index in [0.29, 0.717) is 0 Å². The number of primary sulfonamides is 1. The zero-order valence-electron chi connectivity index (χ0n) is 10.8. The lowest BCUT2D eigenvalue weighted by molar-refractivity contribution is 0.0898. The Balaban J connectivity index is 2.11. The molecule has 0 aromatic carbocycles. The van der Waals surface area contributed by atoms with Gasteiger partial charge in [0.05, 0.1) is 0 Å². The van der Waals surface area contributed by atoms with Crippen LogP contribution in [0.5, 0.6) is 0 Å². The van der Waals surface area contributed by atoms with Gasteiger partial charge in [-0.2, -0.15) is 0 Å². The largest absolute Gasteiger partial charge is 0.455 e. The minimum Gasteiger partial charge on any atom is -0.455 e. The molecule has 1 aromatic rings. The van der Waals surface area contributed by atoms with Crippen molar-refractivity contribution in [2.75, 3.05) is 0 Å². The Morgan fingerprint density at radius 1 is 1.37 bits per heavy atom. The van der Waals surface area contributed by atoms with Crippen molar-refractivity contribution in [3.63, 3.8) is 0 Å². The van der Waals surface area contributed by atoms with Crippen molar-refractivity contribution < 1.29 is 17.6 Å². The molecule has 1 aliphatic rings. The molecule has 2 rings (SSSR count). The molecule has 3 N–H and O–H groups in total. The summed E-state index contributed by atoms with van der Waals surface area (Å²) in [6, 6.07) is 1.33. The van der Waals surface area contributed by atoms with E-state index in [0.717, 1.165) is 25.7 Å². The number of carbonyl (C=O) groups is 1. The second kappa shape index (κ2) is 5.34. The van der Waals surface area contributed by atoms with E-state index in [1.54, 1.807) is 0 Å². The van der Waals surface area contributed by atoms with Crippen LogP contribution in [0.3, 0.4) is 0 Å². The van der Waals surface area contributed by atoms with Crippen molar-refractivity contribution in [1.29, 1.82) is 0 Å². The third-order valence-electron chi connectivity index (χ3n) is 3.34. The molecule has 1 saturated carbocycles. The fraction of sp³-hybridized carbons (Fsp3) is 0.583. The van der Waals surface area contributed by atoms with E-state index in [2.05, 4.69) is 5.32 Å². The smallest absolute Gasteiger partial charge is 0.287 e. The summed E-state index contributed by atoms with van der Waals surface area (Å²) in [5, 5.41) is 7.89. The molecule has 1 aliphatic carbocycles. The van der Waals surface area contributed by atoms with E-state index in [9.17, 15) is 13.2 Å². The van der Waals surface area contributed by atoms with Crippen LogP contribution in [0, 0.1) is 6.92 Å². The molecule has 7 heteroatoms. The van der Waals surface area contributed by atoms with Gasteiger partial charge in [-0.1, -0.05) is 19.3 Å². The van der Waals surface area contributed by atoms with Gasteiger partial charge in [-0.3, -0.25) is 4.79 Å². The van der Waals surface area contributed by atoms with E-state index >= 15 is 0 Å². The Morgan fingerprint density at radius 3 is 2.53 bits per heavy atom. The predicted octanol–water partition coefficient (Wildman–Crippen LogP) is 1.30. The number of nitrogens with one attached hydrogen (secondary N) is 1. The lowest BCUT2D eigenvalue weighted by atomic mass is 9.95. The molecule has 0 aliphatic heterocycles. The summed E-state index contributed by atoms with van der Waals surface area (Å²) in [4.78, 5) is 11.8. The van der Waals surface area contributed by atoms with Gasteiger partial charge in [0.1, 0.15) is 10.7 Å². The molecule has 0 saturated heterocycles. The molecule has 0 spiro atoms. The standard InChI is InChI=1S/C12H18N2O4S/c1-8-11(19(13,16)17)7-10(18-8)12(15)14-9-5-3-2-4-6-9/h7,9H,2-6H2,1H3,(H,14,15)(H2,13,16,17). The Kier molecular flexibility index (Phi) is 3.96. The maximum atomic E-state index is 12.0. The number of hydrogen-bond acceptors (Lipinski definition) is 4. The molecular weight excluding hydrogens is 268 g/mol. The molecule has 0 atom stereocenters. The SMILES string of the molecule is Cc1oc(C(=O)NC2CCCCC2)cc1S(N)(=O)=O. The highest BCUT2D eigenvalue weighted by atomic mass is 32.2. The monoisotopic (exact) mass is 286 g/mol. The third-order valence-corrected chi connectivity index (χ3v) is 4.36. The minimum absolute atomic E-state index is 0.00732. The van der Waals surface area contributed by atoms with Gasteiger partial charge in [-0.05, 0) is 19.8 Å². The molecule has 19 heavy (non-hydrogen) atoms. The summed E-state index contributed by atoms with van der Waals surface area (Å²) in [6.45, 7) is 1.47. The molecule has 0 bridgehead atoms. The van der Waals surface area contributed by atoms with Crippen molar-refractivity contribution in [2.24, 2.45) is 5.14 Å². The topological polar surface area (TPSA) is 102 Å². The van der Waals surface area contributed by atoms with Gasteiger partial charge in [0.25, 0.3) is 5.91 Å². The number of amides is 1. The average molecular weight is 286 g/mol. The fourth-order valence-electron chi connectivity index (χ4n) is 2.36. The Hall–Kier alpha value is -1.34. The highest BCUT2D eigenvalue weighted by Crippen LogP contribution is 2.21. The van der Waals surface area contributed by atoms with E-state index < -0.39 is 10.0 Å². The minimum atomic E-state index is -3.85. The number of sulfonamides is 1. The molecule has 1 amide bonds. The summed E-state index contributed by atoms with van der Waals surface area (Å²) < 4.78 is 27.7. The van der Waals surface area contributed by atoms with Crippen LogP contribution in [0.2, 0.25) is 0 Å². The number of aryl methyl sites for hydroxylation is 1. The highest BCUT2D eigenvalue weighted by Gasteiger charge is 2.23. The number of nitrogens with two attached hydrogens (primary N) is 1. The Labute approximate surface area is 112 Å². The van der Waals surface area contributed by atoms with Gasteiger partial charge in [0, 0.05) is 12.1 Å². The molecule has 6 nitrogen and oxygen atoms in total. The van der Waals surface area contributed by atoms with E-state index in [4.69, 9.17) is 9.56 Å². The molecule has 1 fully saturated rings. The Bertz CT molecular complexity index is 571. The molecule has 1 heterocycles. The van der Waals surface area contributed by atoms with Crippen LogP contribution in [-0.4, -0.2) is 20.4 Å². The van der Waals surface area contributed by atoms with Gasteiger partial charge in [0.15, 0.2) is 5.76 Å². The average Bonchev–Trinajstić information content (AvgIpc) is 2.72. The predicted molar refractivity (Wildman–Crippen MR) is 69.2 cm³/mol. The van der Waals surface area contributed by atoms with Crippen LogP contribution in [-0.2, 0) is 10.0 Å². The maximum Gasteiger partial charge on any atom is 0.287 e. The summed E-state index contributed by atoms with van der Waals surface area (Å²) >= 11 is 0. The summed E-state index contributed by atoms with van der Waals surface area (Å²) in [7, 11) is -3.85. The van der Waals surface area contributed by atoms with E-state index in [1.807, 2.05) is 0 Å². The van der Waals surface area contributed by atoms with Crippen LogP contribution < -0.4 is 10.5 Å². The quantitative estimate of drug-likeness (QED) is 0.874. The number of hydrogen-bond donors (Lipinski definition) is 2.